The van der Waals surface area contributed by atoms with Crippen LogP contribution in [0.3, 0.4) is 0 Å². The van der Waals surface area contributed by atoms with Crippen LogP contribution >= 0.6 is 0 Å². The van der Waals surface area contributed by atoms with Gasteiger partial charge in [-0.05, 0) is 24.3 Å². The maximum Gasteiger partial charge on any atom is 0.266 e. The number of rotatable bonds is 4. The van der Waals surface area contributed by atoms with Crippen molar-refractivity contribution in [2.75, 3.05) is 24.2 Å². The SMILES string of the molecule is COc1cccc(N(C)S(=O)(=O)c2cccc(F)c2N)c1. The van der Waals surface area contributed by atoms with E-state index >= 15 is 0 Å². The summed E-state index contributed by atoms with van der Waals surface area (Å²) in [6.45, 7) is 0. The summed E-state index contributed by atoms with van der Waals surface area (Å²) in [6.07, 6.45) is 0. The van der Waals surface area contributed by atoms with Gasteiger partial charge >= 0.3 is 0 Å². The van der Waals surface area contributed by atoms with Crippen molar-refractivity contribution in [3.63, 3.8) is 0 Å². The molecule has 0 bridgehead atoms. The van der Waals surface area contributed by atoms with E-state index in [4.69, 9.17) is 10.5 Å². The van der Waals surface area contributed by atoms with Crippen LogP contribution in [0.25, 0.3) is 0 Å². The Kier molecular flexibility index (Phi) is 4.04. The summed E-state index contributed by atoms with van der Waals surface area (Å²) in [5.41, 5.74) is 5.53. The maximum absolute atomic E-state index is 13.5. The first-order valence-electron chi connectivity index (χ1n) is 6.05. The zero-order chi connectivity index (χ0) is 15.6. The highest BCUT2D eigenvalue weighted by atomic mass is 32.2. The van der Waals surface area contributed by atoms with Crippen molar-refractivity contribution in [1.29, 1.82) is 0 Å². The van der Waals surface area contributed by atoms with Gasteiger partial charge in [-0.2, -0.15) is 0 Å². The number of nitrogens with zero attached hydrogens (tertiary/aromatic N) is 1. The number of benzene rings is 2. The van der Waals surface area contributed by atoms with Crippen LogP contribution in [0, 0.1) is 5.82 Å². The van der Waals surface area contributed by atoms with Gasteiger partial charge in [0.2, 0.25) is 0 Å². The Hall–Kier alpha value is -2.28. The van der Waals surface area contributed by atoms with Gasteiger partial charge in [-0.25, -0.2) is 12.8 Å². The van der Waals surface area contributed by atoms with E-state index in [2.05, 4.69) is 0 Å². The van der Waals surface area contributed by atoms with E-state index < -0.39 is 21.5 Å². The van der Waals surface area contributed by atoms with Crippen LogP contribution in [0.15, 0.2) is 47.4 Å². The Labute approximate surface area is 122 Å². The van der Waals surface area contributed by atoms with Gasteiger partial charge in [0, 0.05) is 13.1 Å². The molecule has 0 aliphatic rings. The summed E-state index contributed by atoms with van der Waals surface area (Å²) in [4.78, 5) is -0.271. The largest absolute Gasteiger partial charge is 0.497 e. The molecule has 0 aliphatic heterocycles. The third-order valence-corrected chi connectivity index (χ3v) is 4.91. The second kappa shape index (κ2) is 5.61. The molecule has 2 aromatic rings. The minimum atomic E-state index is -3.96. The number of hydrogen-bond donors (Lipinski definition) is 1. The molecule has 21 heavy (non-hydrogen) atoms. The van der Waals surface area contributed by atoms with Crippen LogP contribution in [0.5, 0.6) is 5.75 Å². The van der Waals surface area contributed by atoms with Gasteiger partial charge in [-0.3, -0.25) is 4.31 Å². The molecule has 2 N–H and O–H groups in total. The molecule has 0 atom stereocenters. The summed E-state index contributed by atoms with van der Waals surface area (Å²) in [5.74, 6) is -0.253. The van der Waals surface area contributed by atoms with Crippen LogP contribution in [0.1, 0.15) is 0 Å². The fraction of sp³-hybridized carbons (Fsp3) is 0.143. The third-order valence-electron chi connectivity index (χ3n) is 3.07. The molecule has 5 nitrogen and oxygen atoms in total. The predicted molar refractivity (Wildman–Crippen MR) is 79.4 cm³/mol. The molecule has 112 valence electrons. The third kappa shape index (κ3) is 2.78. The molecule has 0 heterocycles. The molecule has 0 spiro atoms. The summed E-state index contributed by atoms with van der Waals surface area (Å²) >= 11 is 0. The number of methoxy groups -OCH3 is 1. The average Bonchev–Trinajstić information content (AvgIpc) is 2.49. The first kappa shape index (κ1) is 15.1. The highest BCUT2D eigenvalue weighted by Crippen LogP contribution is 2.29. The maximum atomic E-state index is 13.5. The standard InChI is InChI=1S/C14H15FN2O3S/c1-17(10-5-3-6-11(9-10)20-2)21(18,19)13-8-4-7-12(15)14(13)16/h3-9H,16H2,1-2H3. The summed E-state index contributed by atoms with van der Waals surface area (Å²) in [7, 11) is -1.10. The topological polar surface area (TPSA) is 72.6 Å². The lowest BCUT2D eigenvalue weighted by molar-refractivity contribution is 0.415. The first-order valence-corrected chi connectivity index (χ1v) is 7.49. The predicted octanol–water partition coefficient (Wildman–Crippen LogP) is 2.24. The van der Waals surface area contributed by atoms with Gasteiger partial charge < -0.3 is 10.5 Å². The van der Waals surface area contributed by atoms with Crippen LogP contribution in [0.2, 0.25) is 0 Å². The Bertz CT molecular complexity index is 763. The van der Waals surface area contributed by atoms with E-state index in [9.17, 15) is 12.8 Å². The van der Waals surface area contributed by atoms with E-state index in [0.717, 1.165) is 10.4 Å². The van der Waals surface area contributed by atoms with Gasteiger partial charge in [-0.15, -0.1) is 0 Å². The zero-order valence-electron chi connectivity index (χ0n) is 11.6. The van der Waals surface area contributed by atoms with Crippen LogP contribution < -0.4 is 14.8 Å². The molecule has 7 heteroatoms. The molecule has 0 amide bonds. The number of ether oxygens (including phenoxy) is 1. The molecule has 0 saturated carbocycles. The van der Waals surface area contributed by atoms with Gasteiger partial charge in [-0.1, -0.05) is 12.1 Å². The van der Waals surface area contributed by atoms with Gasteiger partial charge in [0.05, 0.1) is 18.5 Å². The van der Waals surface area contributed by atoms with Gasteiger partial charge in [0.15, 0.2) is 0 Å². The molecule has 0 aromatic heterocycles. The molecule has 2 aromatic carbocycles. The highest BCUT2D eigenvalue weighted by molar-refractivity contribution is 7.93. The molecule has 0 saturated heterocycles. The van der Waals surface area contributed by atoms with Crippen LogP contribution in [-0.4, -0.2) is 22.6 Å². The van der Waals surface area contributed by atoms with Crippen molar-refractivity contribution in [1.82, 2.24) is 0 Å². The van der Waals surface area contributed by atoms with E-state index in [1.165, 1.54) is 26.3 Å². The van der Waals surface area contributed by atoms with E-state index in [-0.39, 0.29) is 4.90 Å². The van der Waals surface area contributed by atoms with Crippen molar-refractivity contribution in [2.45, 2.75) is 4.90 Å². The van der Waals surface area contributed by atoms with Crippen molar-refractivity contribution < 1.29 is 17.5 Å². The highest BCUT2D eigenvalue weighted by Gasteiger charge is 2.25. The van der Waals surface area contributed by atoms with Gasteiger partial charge in [0.25, 0.3) is 10.0 Å². The van der Waals surface area contributed by atoms with E-state index in [1.54, 1.807) is 24.3 Å². The lowest BCUT2D eigenvalue weighted by Gasteiger charge is -2.21. The quantitative estimate of drug-likeness (QED) is 0.879. The summed E-state index contributed by atoms with van der Waals surface area (Å²) in [6, 6.07) is 10.2. The van der Waals surface area contributed by atoms with Crippen molar-refractivity contribution in [3.05, 3.63) is 48.3 Å². The van der Waals surface area contributed by atoms with Crippen molar-refractivity contribution >= 4 is 21.4 Å². The summed E-state index contributed by atoms with van der Waals surface area (Å²) in [5, 5.41) is 0. The first-order chi connectivity index (χ1) is 9.87. The van der Waals surface area contributed by atoms with Gasteiger partial charge in [0.1, 0.15) is 16.5 Å². The Morgan fingerprint density at radius 2 is 1.86 bits per heavy atom. The van der Waals surface area contributed by atoms with Crippen molar-refractivity contribution in [2.24, 2.45) is 0 Å². The molecular formula is C14H15FN2O3S. The average molecular weight is 310 g/mol. The number of anilines is 2. The molecular weight excluding hydrogens is 295 g/mol. The molecule has 2 rings (SSSR count). The van der Waals surface area contributed by atoms with Crippen LogP contribution in [0.4, 0.5) is 15.8 Å². The lowest BCUT2D eigenvalue weighted by Crippen LogP contribution is -2.27. The Morgan fingerprint density at radius 1 is 1.19 bits per heavy atom. The minimum absolute atomic E-state index is 0.271. The summed E-state index contributed by atoms with van der Waals surface area (Å²) < 4.78 is 44.6. The number of nitrogens with two attached hydrogens (primary N) is 1. The molecule has 0 unspecified atom stereocenters. The molecule has 0 radical (unpaired) electrons. The number of hydrogen-bond acceptors (Lipinski definition) is 4. The fourth-order valence-corrected chi connectivity index (χ4v) is 3.15. The number of nitrogen functional groups attached to an aromatic ring is 1. The molecule has 0 aliphatic carbocycles. The lowest BCUT2D eigenvalue weighted by atomic mass is 10.3. The monoisotopic (exact) mass is 310 g/mol. The minimum Gasteiger partial charge on any atom is -0.497 e. The number of halogens is 1. The van der Waals surface area contributed by atoms with E-state index in [0.29, 0.717) is 11.4 Å². The number of para-hydroxylation sites is 1. The van der Waals surface area contributed by atoms with Crippen LogP contribution in [-0.2, 0) is 10.0 Å². The Balaban J connectivity index is 2.50. The fourth-order valence-electron chi connectivity index (χ4n) is 1.83. The normalized spacial score (nSPS) is 11.2. The second-order valence-electron chi connectivity index (χ2n) is 4.33. The zero-order valence-corrected chi connectivity index (χ0v) is 12.4. The smallest absolute Gasteiger partial charge is 0.266 e. The number of sulfonamides is 1. The molecule has 0 fully saturated rings. The van der Waals surface area contributed by atoms with Crippen molar-refractivity contribution in [3.8, 4) is 5.75 Å². The second-order valence-corrected chi connectivity index (χ2v) is 6.26. The Morgan fingerprint density at radius 3 is 2.52 bits per heavy atom. The van der Waals surface area contributed by atoms with E-state index in [1.807, 2.05) is 0 Å².